The van der Waals surface area contributed by atoms with Crippen molar-refractivity contribution in [3.05, 3.63) is 0 Å². The van der Waals surface area contributed by atoms with Crippen LogP contribution in [0.2, 0.25) is 0 Å². The summed E-state index contributed by atoms with van der Waals surface area (Å²) in [6.45, 7) is -3.22. The lowest BCUT2D eigenvalue weighted by atomic mass is 10.1. The molecule has 0 saturated carbocycles. The van der Waals surface area contributed by atoms with Crippen LogP contribution in [0.5, 0.6) is 0 Å². The van der Waals surface area contributed by atoms with E-state index >= 15 is 0 Å². The van der Waals surface area contributed by atoms with Gasteiger partial charge in [-0.1, -0.05) is 6.37 Å². The standard InChI is InChI=1S/C6H14N2O2.ClH/c7-4-2-1-3-5(8)6(9)10;/h5H,1-4,7-8H2,(H,9,10);1H/i1D2,2D2,3D2,4D2;. The van der Waals surface area contributed by atoms with E-state index in [0.717, 1.165) is 0 Å². The van der Waals surface area contributed by atoms with Gasteiger partial charge in [-0.2, -0.15) is 0 Å². The molecule has 0 spiro atoms. The normalized spacial score (nSPS) is 27.8. The fourth-order valence-electron chi connectivity index (χ4n) is 0.212. The zero-order chi connectivity index (χ0) is 15.2. The van der Waals surface area contributed by atoms with Crippen LogP contribution in [0.4, 0.5) is 0 Å². The molecule has 0 fully saturated rings. The van der Waals surface area contributed by atoms with Crippen LogP contribution < -0.4 is 11.5 Å². The summed E-state index contributed by atoms with van der Waals surface area (Å²) in [7, 11) is 0. The SMILES string of the molecule is Cl.[2H]C([2H])(N)C([2H])([2H])C([2H])([2H])C([2H])([2H])C(N)C(=O)O. The topological polar surface area (TPSA) is 89.3 Å². The van der Waals surface area contributed by atoms with Crippen molar-refractivity contribution in [1.29, 1.82) is 0 Å². The van der Waals surface area contributed by atoms with Gasteiger partial charge in [0.15, 0.2) is 0 Å². The highest BCUT2D eigenvalue weighted by molar-refractivity contribution is 5.85. The van der Waals surface area contributed by atoms with Crippen molar-refractivity contribution in [3.63, 3.8) is 0 Å². The molecule has 0 aromatic heterocycles. The van der Waals surface area contributed by atoms with Gasteiger partial charge in [0, 0.05) is 11.0 Å². The van der Waals surface area contributed by atoms with Crippen LogP contribution in [0.1, 0.15) is 30.1 Å². The molecule has 0 radical (unpaired) electrons. The van der Waals surface area contributed by atoms with Crippen LogP contribution in [-0.4, -0.2) is 23.6 Å². The fraction of sp³-hybridized carbons (Fsp3) is 0.833. The molecule has 0 aromatic carbocycles. The summed E-state index contributed by atoms with van der Waals surface area (Å²) in [6, 6.07) is -2.37. The minimum Gasteiger partial charge on any atom is -0.480 e. The maximum absolute atomic E-state index is 10.6. The zero-order valence-electron chi connectivity index (χ0n) is 13.5. The Hall–Kier alpha value is -0.320. The van der Waals surface area contributed by atoms with Crippen molar-refractivity contribution in [2.75, 3.05) is 6.50 Å². The van der Waals surface area contributed by atoms with Crippen molar-refractivity contribution in [3.8, 4) is 0 Å². The maximum Gasteiger partial charge on any atom is 0.320 e. The van der Waals surface area contributed by atoms with E-state index in [0.29, 0.717) is 0 Å². The van der Waals surface area contributed by atoms with Crippen molar-refractivity contribution in [1.82, 2.24) is 0 Å². The molecule has 0 saturated heterocycles. The second kappa shape index (κ2) is 7.78. The van der Waals surface area contributed by atoms with Gasteiger partial charge in [0.05, 0.1) is 0 Å². The molecule has 0 heterocycles. The monoisotopic (exact) mass is 190 g/mol. The third-order valence-corrected chi connectivity index (χ3v) is 0.628. The quantitative estimate of drug-likeness (QED) is 0.567. The Balaban J connectivity index is 0. The number of carbonyl (C=O) groups is 1. The van der Waals surface area contributed by atoms with Gasteiger partial charge >= 0.3 is 5.97 Å². The average Bonchev–Trinajstić information content (AvgIpc) is 2.13. The summed E-state index contributed by atoms with van der Waals surface area (Å²) >= 11 is 0. The molecular weight excluding hydrogens is 168 g/mol. The van der Waals surface area contributed by atoms with E-state index in [9.17, 15) is 4.79 Å². The fourth-order valence-corrected chi connectivity index (χ4v) is 0.212. The van der Waals surface area contributed by atoms with E-state index in [-0.39, 0.29) is 12.4 Å². The first-order valence-corrected chi connectivity index (χ1v) is 2.38. The first kappa shape index (κ1) is 3.60. The second-order valence-electron chi connectivity index (χ2n) is 1.35. The molecular formula is C6H15ClN2O2. The molecule has 0 aromatic rings. The second-order valence-corrected chi connectivity index (χ2v) is 1.35. The summed E-state index contributed by atoms with van der Waals surface area (Å²) in [5.41, 5.74) is 9.81. The van der Waals surface area contributed by atoms with Gasteiger partial charge < -0.3 is 16.6 Å². The lowest BCUT2D eigenvalue weighted by molar-refractivity contribution is -0.138. The number of nitrogens with two attached hydrogens (primary N) is 2. The highest BCUT2D eigenvalue weighted by Crippen LogP contribution is 1.96. The zero-order valence-corrected chi connectivity index (χ0v) is 6.31. The van der Waals surface area contributed by atoms with E-state index in [1.54, 1.807) is 0 Å². The highest BCUT2D eigenvalue weighted by atomic mass is 35.5. The molecule has 5 heteroatoms. The first-order valence-electron chi connectivity index (χ1n) is 6.38. The van der Waals surface area contributed by atoms with Crippen LogP contribution in [-0.2, 0) is 4.79 Å². The third-order valence-electron chi connectivity index (χ3n) is 0.628. The van der Waals surface area contributed by atoms with Crippen LogP contribution in [0.15, 0.2) is 0 Å². The predicted molar refractivity (Wildman–Crippen MR) is 45.8 cm³/mol. The summed E-state index contributed by atoms with van der Waals surface area (Å²) in [5.74, 6) is -1.88. The Labute approximate surface area is 83.6 Å². The van der Waals surface area contributed by atoms with Crippen molar-refractivity contribution in [2.45, 2.75) is 25.2 Å². The molecule has 68 valence electrons. The van der Waals surface area contributed by atoms with E-state index in [1.165, 1.54) is 0 Å². The Morgan fingerprint density at radius 2 is 2.18 bits per heavy atom. The largest absolute Gasteiger partial charge is 0.480 e. The molecule has 0 aliphatic rings. The Bertz CT molecular complexity index is 345. The number of carboxylic acid groups (broad SMARTS) is 1. The smallest absolute Gasteiger partial charge is 0.320 e. The van der Waals surface area contributed by atoms with Crippen LogP contribution in [0.25, 0.3) is 0 Å². The molecule has 0 amide bonds. The lowest BCUT2D eigenvalue weighted by Crippen LogP contribution is -2.29. The minimum atomic E-state index is -3.56. The Morgan fingerprint density at radius 3 is 2.55 bits per heavy atom. The van der Waals surface area contributed by atoms with Gasteiger partial charge in [-0.25, -0.2) is 0 Å². The van der Waals surface area contributed by atoms with E-state index in [1.807, 2.05) is 0 Å². The Morgan fingerprint density at radius 1 is 1.64 bits per heavy atom. The van der Waals surface area contributed by atoms with E-state index in [4.69, 9.17) is 27.5 Å². The van der Waals surface area contributed by atoms with Crippen LogP contribution in [0.3, 0.4) is 0 Å². The summed E-state index contributed by atoms with van der Waals surface area (Å²) in [5, 5.41) is 8.57. The number of hydrogen-bond acceptors (Lipinski definition) is 3. The van der Waals surface area contributed by atoms with Crippen molar-refractivity contribution >= 4 is 18.4 Å². The summed E-state index contributed by atoms with van der Waals surface area (Å²) in [6.07, 6.45) is -10.4. The van der Waals surface area contributed by atoms with Gasteiger partial charge in [-0.05, 0) is 19.2 Å². The molecule has 0 aliphatic heterocycles. The number of aliphatic carboxylic acids is 1. The van der Waals surface area contributed by atoms with Gasteiger partial charge in [0.25, 0.3) is 0 Å². The molecule has 1 unspecified atom stereocenters. The van der Waals surface area contributed by atoms with Gasteiger partial charge in [-0.3, -0.25) is 4.79 Å². The average molecular weight is 191 g/mol. The van der Waals surface area contributed by atoms with Crippen LogP contribution in [0, 0.1) is 0 Å². The number of halogens is 1. The maximum atomic E-state index is 10.6. The number of rotatable bonds is 5. The predicted octanol–water partition coefficient (Wildman–Crippen LogP) is -0.0509. The molecule has 0 bridgehead atoms. The molecule has 1 atom stereocenters. The van der Waals surface area contributed by atoms with E-state index in [2.05, 4.69) is 0 Å². The molecule has 0 rings (SSSR count). The van der Waals surface area contributed by atoms with Crippen molar-refractivity contribution in [2.24, 2.45) is 11.5 Å². The molecule has 5 N–H and O–H groups in total. The minimum absolute atomic E-state index is 0. The van der Waals surface area contributed by atoms with Gasteiger partial charge in [0.2, 0.25) is 0 Å². The molecule has 0 aliphatic carbocycles. The molecule has 11 heavy (non-hydrogen) atoms. The third kappa shape index (κ3) is 7.58. The van der Waals surface area contributed by atoms with Crippen molar-refractivity contribution < 1.29 is 20.9 Å². The highest BCUT2D eigenvalue weighted by Gasteiger charge is 2.09. The number of hydrogen-bond donors (Lipinski definition) is 3. The number of carboxylic acids is 1. The van der Waals surface area contributed by atoms with Gasteiger partial charge in [-0.15, -0.1) is 12.4 Å². The summed E-state index contributed by atoms with van der Waals surface area (Å²) < 4.78 is 57.9. The Kier molecular flexibility index (Phi) is 2.55. The summed E-state index contributed by atoms with van der Waals surface area (Å²) in [4.78, 5) is 10.6. The van der Waals surface area contributed by atoms with Gasteiger partial charge in [0.1, 0.15) is 6.04 Å². The van der Waals surface area contributed by atoms with Crippen LogP contribution >= 0.6 is 12.4 Å². The molecule has 4 nitrogen and oxygen atoms in total. The lowest BCUT2D eigenvalue weighted by Gasteiger charge is -2.03. The van der Waals surface area contributed by atoms with E-state index < -0.39 is 37.6 Å². The first-order chi connectivity index (χ1) is 7.60.